The summed E-state index contributed by atoms with van der Waals surface area (Å²) >= 11 is 0. The number of nitrogens with zero attached hydrogens (tertiary/aromatic N) is 3. The molecule has 118 valence electrons. The number of nitrogens with one attached hydrogen (secondary N) is 1. The van der Waals surface area contributed by atoms with Crippen LogP contribution in [-0.4, -0.2) is 53.9 Å². The second kappa shape index (κ2) is 7.97. The minimum absolute atomic E-state index is 0.0765. The molecule has 2 heterocycles. The van der Waals surface area contributed by atoms with Gasteiger partial charge in [-0.15, -0.1) is 0 Å². The molecule has 1 amide bonds. The summed E-state index contributed by atoms with van der Waals surface area (Å²) in [7, 11) is 2.14. The van der Waals surface area contributed by atoms with Crippen molar-refractivity contribution in [1.82, 2.24) is 20.5 Å². The van der Waals surface area contributed by atoms with Crippen LogP contribution in [0.2, 0.25) is 0 Å². The smallest absolute Gasteiger partial charge is 0.278 e. The molecule has 7 heteroatoms. The number of carbonyl (C=O) groups is 1. The van der Waals surface area contributed by atoms with Gasteiger partial charge in [-0.2, -0.15) is 0 Å². The molecular weight excluding hydrogens is 272 g/mol. The van der Waals surface area contributed by atoms with Crippen molar-refractivity contribution in [2.45, 2.75) is 45.1 Å². The lowest BCUT2D eigenvalue weighted by Gasteiger charge is -2.32. The Balaban J connectivity index is 1.56. The summed E-state index contributed by atoms with van der Waals surface area (Å²) in [6.45, 7) is 3.73. The predicted molar refractivity (Wildman–Crippen MR) is 77.0 cm³/mol. The van der Waals surface area contributed by atoms with Gasteiger partial charge in [-0.25, -0.2) is 4.63 Å². The van der Waals surface area contributed by atoms with E-state index in [0.29, 0.717) is 37.2 Å². The van der Waals surface area contributed by atoms with Gasteiger partial charge in [0, 0.05) is 12.5 Å². The number of ether oxygens (including phenoxy) is 1. The molecule has 0 spiro atoms. The molecule has 0 saturated carbocycles. The zero-order valence-corrected chi connectivity index (χ0v) is 12.8. The Bertz CT molecular complexity index is 449. The molecule has 2 rings (SSSR count). The highest BCUT2D eigenvalue weighted by atomic mass is 16.6. The van der Waals surface area contributed by atoms with Crippen molar-refractivity contribution in [3.8, 4) is 5.88 Å². The van der Waals surface area contributed by atoms with Crippen molar-refractivity contribution in [3.05, 3.63) is 5.69 Å². The Morgan fingerprint density at radius 2 is 2.33 bits per heavy atom. The Kier molecular flexibility index (Phi) is 5.98. The lowest BCUT2D eigenvalue weighted by atomic mass is 9.98. The van der Waals surface area contributed by atoms with Crippen molar-refractivity contribution < 1.29 is 14.2 Å². The van der Waals surface area contributed by atoms with E-state index >= 15 is 0 Å². The van der Waals surface area contributed by atoms with Crippen molar-refractivity contribution in [2.75, 3.05) is 26.7 Å². The van der Waals surface area contributed by atoms with Crippen molar-refractivity contribution >= 4 is 5.91 Å². The van der Waals surface area contributed by atoms with Crippen LogP contribution in [0.4, 0.5) is 0 Å². The third-order valence-corrected chi connectivity index (χ3v) is 3.90. The monoisotopic (exact) mass is 296 g/mol. The first kappa shape index (κ1) is 15.8. The fraction of sp³-hybridized carbons (Fsp3) is 0.786. The van der Waals surface area contributed by atoms with E-state index in [-0.39, 0.29) is 5.91 Å². The van der Waals surface area contributed by atoms with Gasteiger partial charge < -0.3 is 15.0 Å². The molecule has 1 atom stereocenters. The summed E-state index contributed by atoms with van der Waals surface area (Å²) in [6, 6.07) is 0.546. The molecular formula is C14H24N4O3. The van der Waals surface area contributed by atoms with Crippen LogP contribution in [0.15, 0.2) is 4.63 Å². The maximum absolute atomic E-state index is 11.8. The second-order valence-electron chi connectivity index (χ2n) is 5.52. The van der Waals surface area contributed by atoms with E-state index in [4.69, 9.17) is 4.74 Å². The molecule has 0 aromatic carbocycles. The number of carbonyl (C=O) groups excluding carboxylic acids is 1. The summed E-state index contributed by atoms with van der Waals surface area (Å²) in [6.07, 6.45) is 5.24. The van der Waals surface area contributed by atoms with Gasteiger partial charge in [0.2, 0.25) is 5.91 Å². The Labute approximate surface area is 125 Å². The zero-order valence-electron chi connectivity index (χ0n) is 12.8. The molecule has 7 nitrogen and oxygen atoms in total. The molecule has 1 N–H and O–H groups in total. The molecule has 1 aromatic heterocycles. The molecule has 1 aliphatic rings. The number of piperidine rings is 1. The fourth-order valence-electron chi connectivity index (χ4n) is 2.59. The van der Waals surface area contributed by atoms with Crippen molar-refractivity contribution in [2.24, 2.45) is 0 Å². The highest BCUT2D eigenvalue weighted by Gasteiger charge is 2.19. The topological polar surface area (TPSA) is 80.5 Å². The average Bonchev–Trinajstić information content (AvgIpc) is 2.88. The van der Waals surface area contributed by atoms with E-state index in [2.05, 4.69) is 32.2 Å². The molecule has 0 aliphatic carbocycles. The summed E-state index contributed by atoms with van der Waals surface area (Å²) in [5.41, 5.74) is 0.613. The Morgan fingerprint density at radius 3 is 3.05 bits per heavy atom. The second-order valence-corrected chi connectivity index (χ2v) is 5.52. The lowest BCUT2D eigenvalue weighted by molar-refractivity contribution is -0.121. The van der Waals surface area contributed by atoms with E-state index in [9.17, 15) is 4.79 Å². The Hall–Kier alpha value is -1.63. The molecule has 0 bridgehead atoms. The predicted octanol–water partition coefficient (Wildman–Crippen LogP) is 1.14. The fourth-order valence-corrected chi connectivity index (χ4v) is 2.59. The maximum Gasteiger partial charge on any atom is 0.278 e. The number of aromatic nitrogens is 2. The third-order valence-electron chi connectivity index (χ3n) is 3.90. The van der Waals surface area contributed by atoms with Crippen LogP contribution in [0, 0.1) is 6.92 Å². The van der Waals surface area contributed by atoms with Crippen LogP contribution in [-0.2, 0) is 4.79 Å². The molecule has 0 unspecified atom stereocenters. The van der Waals surface area contributed by atoms with Gasteiger partial charge >= 0.3 is 0 Å². The molecule has 1 fully saturated rings. The van der Waals surface area contributed by atoms with Gasteiger partial charge in [0.1, 0.15) is 12.3 Å². The highest BCUT2D eigenvalue weighted by molar-refractivity contribution is 5.75. The lowest BCUT2D eigenvalue weighted by Crippen LogP contribution is -2.37. The number of amides is 1. The van der Waals surface area contributed by atoms with Crippen molar-refractivity contribution in [1.29, 1.82) is 0 Å². The number of likely N-dealkylation sites (tertiary alicyclic amines) is 1. The summed E-state index contributed by atoms with van der Waals surface area (Å²) in [5, 5.41) is 10.1. The minimum atomic E-state index is 0.0765. The van der Waals surface area contributed by atoms with Crippen LogP contribution in [0.25, 0.3) is 0 Å². The van der Waals surface area contributed by atoms with E-state index < -0.39 is 0 Å². The summed E-state index contributed by atoms with van der Waals surface area (Å²) < 4.78 is 9.87. The minimum Gasteiger partial charge on any atom is -0.472 e. The number of hydrogen-bond donors (Lipinski definition) is 1. The summed E-state index contributed by atoms with van der Waals surface area (Å²) in [4.78, 5) is 14.2. The molecule has 0 radical (unpaired) electrons. The van der Waals surface area contributed by atoms with Gasteiger partial charge in [-0.3, -0.25) is 4.79 Å². The molecule has 21 heavy (non-hydrogen) atoms. The van der Waals surface area contributed by atoms with Crippen LogP contribution in [0.1, 0.15) is 37.8 Å². The maximum atomic E-state index is 11.8. The standard InChI is InChI=1S/C14H24N4O3/c1-11-14(17-21-16-11)20-10-8-15-13(19)7-6-12-5-3-4-9-18(12)2/h12H,3-10H2,1-2H3,(H,15,19)/t12-/m1/s1. The first-order valence-electron chi connectivity index (χ1n) is 7.55. The normalized spacial score (nSPS) is 19.4. The van der Waals surface area contributed by atoms with Crippen LogP contribution in [0.5, 0.6) is 5.88 Å². The van der Waals surface area contributed by atoms with Crippen molar-refractivity contribution in [3.63, 3.8) is 0 Å². The van der Waals surface area contributed by atoms with Crippen LogP contribution in [0.3, 0.4) is 0 Å². The number of aryl methyl sites for hydroxylation is 1. The van der Waals surface area contributed by atoms with Crippen LogP contribution >= 0.6 is 0 Å². The quantitative estimate of drug-likeness (QED) is 0.760. The molecule has 1 aliphatic heterocycles. The first-order chi connectivity index (χ1) is 10.2. The summed E-state index contributed by atoms with van der Waals surface area (Å²) in [5.74, 6) is 0.459. The first-order valence-corrected chi connectivity index (χ1v) is 7.55. The van der Waals surface area contributed by atoms with Gasteiger partial charge in [0.15, 0.2) is 0 Å². The van der Waals surface area contributed by atoms with Gasteiger partial charge in [0.25, 0.3) is 5.88 Å². The van der Waals surface area contributed by atoms with E-state index in [1.807, 2.05) is 0 Å². The highest BCUT2D eigenvalue weighted by Crippen LogP contribution is 2.18. The third kappa shape index (κ3) is 5.00. The molecule has 1 aromatic rings. The van der Waals surface area contributed by atoms with Gasteiger partial charge in [-0.05, 0) is 44.9 Å². The van der Waals surface area contributed by atoms with E-state index in [1.165, 1.54) is 19.3 Å². The van der Waals surface area contributed by atoms with E-state index in [0.717, 1.165) is 13.0 Å². The number of hydrogen-bond acceptors (Lipinski definition) is 6. The average molecular weight is 296 g/mol. The van der Waals surface area contributed by atoms with Crippen LogP contribution < -0.4 is 10.1 Å². The Morgan fingerprint density at radius 1 is 1.48 bits per heavy atom. The molecule has 1 saturated heterocycles. The van der Waals surface area contributed by atoms with Gasteiger partial charge in [-0.1, -0.05) is 11.6 Å². The SMILES string of the molecule is Cc1nonc1OCCNC(=O)CC[C@H]1CCCCN1C. The van der Waals surface area contributed by atoms with E-state index in [1.54, 1.807) is 6.92 Å². The van der Waals surface area contributed by atoms with Gasteiger partial charge in [0.05, 0.1) is 6.54 Å². The zero-order chi connectivity index (χ0) is 15.1. The number of rotatable bonds is 7. The largest absolute Gasteiger partial charge is 0.472 e.